The van der Waals surface area contributed by atoms with Crippen LogP contribution in [0.15, 0.2) is 62.5 Å². The molecule has 0 bridgehead atoms. The van der Waals surface area contributed by atoms with E-state index in [1.165, 1.54) is 11.3 Å². The van der Waals surface area contributed by atoms with E-state index in [2.05, 4.69) is 72.7 Å². The molecular formula is C29H27BrI2N2O6S. The first-order valence-corrected chi connectivity index (χ1v) is 16.3. The molecule has 0 saturated carbocycles. The number of methoxy groups -OCH3 is 1. The molecule has 1 aliphatic rings. The van der Waals surface area contributed by atoms with Gasteiger partial charge in [0.2, 0.25) is 0 Å². The zero-order chi connectivity index (χ0) is 29.8. The van der Waals surface area contributed by atoms with Crippen molar-refractivity contribution in [2.75, 3.05) is 26.9 Å². The van der Waals surface area contributed by atoms with Crippen LogP contribution in [0.25, 0.3) is 6.08 Å². The largest absolute Gasteiger partial charge is 0.493 e. The second-order valence-electron chi connectivity index (χ2n) is 8.67. The van der Waals surface area contributed by atoms with Crippen LogP contribution < -0.4 is 29.1 Å². The van der Waals surface area contributed by atoms with Gasteiger partial charge in [0.05, 0.1) is 49.3 Å². The number of rotatable bonds is 10. The Labute approximate surface area is 277 Å². The molecule has 0 saturated heterocycles. The minimum absolute atomic E-state index is 0.185. The van der Waals surface area contributed by atoms with Crippen LogP contribution in [0.4, 0.5) is 0 Å². The molecule has 1 aliphatic heterocycles. The summed E-state index contributed by atoms with van der Waals surface area (Å²) in [5, 5.41) is 0. The van der Waals surface area contributed by atoms with Crippen molar-refractivity contribution in [1.29, 1.82) is 0 Å². The lowest BCUT2D eigenvalue weighted by Crippen LogP contribution is -2.40. The van der Waals surface area contributed by atoms with Gasteiger partial charge in [0.1, 0.15) is 12.4 Å². The van der Waals surface area contributed by atoms with Gasteiger partial charge in [-0.25, -0.2) is 9.79 Å². The Morgan fingerprint density at radius 1 is 1.15 bits per heavy atom. The van der Waals surface area contributed by atoms with Crippen molar-refractivity contribution in [2.45, 2.75) is 26.8 Å². The molecule has 2 aromatic carbocycles. The summed E-state index contributed by atoms with van der Waals surface area (Å²) in [6, 6.07) is 6.67. The summed E-state index contributed by atoms with van der Waals surface area (Å²) >= 11 is 9.36. The van der Waals surface area contributed by atoms with Gasteiger partial charge in [-0.15, -0.1) is 0 Å². The molecule has 8 nitrogen and oxygen atoms in total. The average Bonchev–Trinajstić information content (AvgIpc) is 3.22. The fraction of sp³-hybridized carbons (Fsp3) is 0.276. The zero-order valence-electron chi connectivity index (χ0n) is 22.8. The van der Waals surface area contributed by atoms with E-state index in [9.17, 15) is 9.59 Å². The lowest BCUT2D eigenvalue weighted by molar-refractivity contribution is -0.139. The van der Waals surface area contributed by atoms with Crippen molar-refractivity contribution in [1.82, 2.24) is 4.57 Å². The maximum Gasteiger partial charge on any atom is 0.338 e. The maximum absolute atomic E-state index is 14.0. The standard InChI is InChI=1S/C29H27BrI2N2O6S/c1-6-9-40-26-19(31)10-16(11-20(26)32)12-23-27(35)34-25(17-13-21(37-5)22(38-7-2)14-18(17)30)24(28(36)39-8-3)15(4)33-29(34)41-23/h6,10-14,25H,1,7-9H2,2-5H3/b23-12+/t25-/m1/s1. The summed E-state index contributed by atoms with van der Waals surface area (Å²) in [5.41, 5.74) is 1.98. The molecule has 41 heavy (non-hydrogen) atoms. The molecule has 1 atom stereocenters. The quantitative estimate of drug-likeness (QED) is 0.147. The van der Waals surface area contributed by atoms with Crippen LogP contribution in [-0.2, 0) is 9.53 Å². The molecule has 216 valence electrons. The van der Waals surface area contributed by atoms with Crippen molar-refractivity contribution >= 4 is 84.5 Å². The van der Waals surface area contributed by atoms with E-state index in [1.54, 1.807) is 43.7 Å². The number of ether oxygens (including phenoxy) is 4. The van der Waals surface area contributed by atoms with Gasteiger partial charge >= 0.3 is 5.97 Å². The summed E-state index contributed by atoms with van der Waals surface area (Å²) in [4.78, 5) is 32.5. The van der Waals surface area contributed by atoms with Crippen LogP contribution in [0.3, 0.4) is 0 Å². The smallest absolute Gasteiger partial charge is 0.338 e. The molecule has 0 fully saturated rings. The Balaban J connectivity index is 1.95. The number of hydrogen-bond donors (Lipinski definition) is 0. The Morgan fingerprint density at radius 3 is 2.46 bits per heavy atom. The molecule has 0 unspecified atom stereocenters. The van der Waals surface area contributed by atoms with Crippen LogP contribution in [0.2, 0.25) is 0 Å². The first-order chi connectivity index (χ1) is 19.6. The Morgan fingerprint density at radius 2 is 1.85 bits per heavy atom. The van der Waals surface area contributed by atoms with Gasteiger partial charge in [-0.1, -0.05) is 39.9 Å². The monoisotopic (exact) mass is 864 g/mol. The van der Waals surface area contributed by atoms with E-state index in [1.807, 2.05) is 25.1 Å². The molecule has 4 rings (SSSR count). The summed E-state index contributed by atoms with van der Waals surface area (Å²) < 4.78 is 27.1. The molecule has 12 heteroatoms. The number of carbonyl (C=O) groups excluding carboxylic acids is 1. The second kappa shape index (κ2) is 13.9. The third-order valence-electron chi connectivity index (χ3n) is 6.06. The van der Waals surface area contributed by atoms with E-state index < -0.39 is 12.0 Å². The number of benzene rings is 2. The minimum Gasteiger partial charge on any atom is -0.493 e. The van der Waals surface area contributed by atoms with E-state index in [4.69, 9.17) is 18.9 Å². The number of thiazole rings is 1. The van der Waals surface area contributed by atoms with Crippen LogP contribution in [0.1, 0.15) is 37.9 Å². The summed E-state index contributed by atoms with van der Waals surface area (Å²) in [5.74, 6) is 1.26. The van der Waals surface area contributed by atoms with Crippen molar-refractivity contribution in [3.05, 3.63) is 90.6 Å². The first-order valence-electron chi connectivity index (χ1n) is 12.6. The van der Waals surface area contributed by atoms with Gasteiger partial charge in [-0.3, -0.25) is 9.36 Å². The zero-order valence-corrected chi connectivity index (χ0v) is 29.5. The molecule has 1 aromatic heterocycles. The van der Waals surface area contributed by atoms with Crippen LogP contribution in [0, 0.1) is 7.14 Å². The van der Waals surface area contributed by atoms with E-state index in [0.29, 0.717) is 49.8 Å². The molecule has 0 amide bonds. The highest BCUT2D eigenvalue weighted by Crippen LogP contribution is 2.41. The van der Waals surface area contributed by atoms with Gasteiger partial charge in [-0.05, 0) is 107 Å². The SMILES string of the molecule is C=CCOc1c(I)cc(/C=c2/sc3n(c2=O)[C@H](c2cc(OC)c(OCC)cc2Br)C(C(=O)OCC)=C(C)N=3)cc1I. The van der Waals surface area contributed by atoms with Gasteiger partial charge < -0.3 is 18.9 Å². The number of hydrogen-bond acceptors (Lipinski definition) is 8. The first kappa shape index (κ1) is 31.8. The highest BCUT2D eigenvalue weighted by molar-refractivity contribution is 14.1. The predicted octanol–water partition coefficient (Wildman–Crippen LogP) is 5.74. The number of aromatic nitrogens is 1. The fourth-order valence-corrected chi connectivity index (χ4v) is 8.08. The molecule has 3 aromatic rings. The minimum atomic E-state index is -0.804. The average molecular weight is 865 g/mol. The number of carbonyl (C=O) groups is 1. The molecule has 2 heterocycles. The Hall–Kier alpha value is -2.17. The van der Waals surface area contributed by atoms with E-state index >= 15 is 0 Å². The van der Waals surface area contributed by atoms with Crippen LogP contribution in [-0.4, -0.2) is 37.5 Å². The van der Waals surface area contributed by atoms with Gasteiger partial charge in [-0.2, -0.15) is 0 Å². The number of allylic oxidation sites excluding steroid dienone is 1. The Bertz CT molecular complexity index is 1710. The second-order valence-corrected chi connectivity index (χ2v) is 12.9. The summed E-state index contributed by atoms with van der Waals surface area (Å²) in [7, 11) is 1.55. The normalized spacial score (nSPS) is 14.8. The van der Waals surface area contributed by atoms with Gasteiger partial charge in [0.25, 0.3) is 5.56 Å². The summed E-state index contributed by atoms with van der Waals surface area (Å²) in [6.07, 6.45) is 3.53. The third-order valence-corrected chi connectivity index (χ3v) is 9.33. The number of fused-ring (bicyclic) bond motifs is 1. The molecular weight excluding hydrogens is 838 g/mol. The van der Waals surface area contributed by atoms with Gasteiger partial charge in [0.15, 0.2) is 16.3 Å². The topological polar surface area (TPSA) is 88.3 Å². The number of esters is 1. The van der Waals surface area contributed by atoms with Crippen LogP contribution >= 0.6 is 72.4 Å². The van der Waals surface area contributed by atoms with Crippen LogP contribution in [0.5, 0.6) is 17.2 Å². The highest BCUT2D eigenvalue weighted by atomic mass is 127. The fourth-order valence-electron chi connectivity index (χ4n) is 4.37. The van der Waals surface area contributed by atoms with Crippen molar-refractivity contribution in [3.8, 4) is 17.2 Å². The molecule has 0 radical (unpaired) electrons. The van der Waals surface area contributed by atoms with Gasteiger partial charge in [0, 0.05) is 4.47 Å². The molecule has 0 aliphatic carbocycles. The highest BCUT2D eigenvalue weighted by Gasteiger charge is 2.35. The van der Waals surface area contributed by atoms with E-state index in [0.717, 1.165) is 18.5 Å². The molecule has 0 N–H and O–H groups in total. The predicted molar refractivity (Wildman–Crippen MR) is 180 cm³/mol. The lowest BCUT2D eigenvalue weighted by atomic mass is 9.95. The van der Waals surface area contributed by atoms with E-state index in [-0.39, 0.29) is 17.7 Å². The molecule has 0 spiro atoms. The lowest BCUT2D eigenvalue weighted by Gasteiger charge is -2.26. The third kappa shape index (κ3) is 6.59. The summed E-state index contributed by atoms with van der Waals surface area (Å²) in [6.45, 7) is 10.1. The maximum atomic E-state index is 14.0. The Kier molecular flexibility index (Phi) is 10.7. The van der Waals surface area contributed by atoms with Crippen molar-refractivity contribution in [2.24, 2.45) is 4.99 Å². The van der Waals surface area contributed by atoms with Crippen molar-refractivity contribution in [3.63, 3.8) is 0 Å². The number of halogens is 3. The van der Waals surface area contributed by atoms with Crippen molar-refractivity contribution < 1.29 is 23.7 Å². The number of nitrogens with zero attached hydrogens (tertiary/aromatic N) is 2.